The lowest BCUT2D eigenvalue weighted by molar-refractivity contribution is 0.0975. The average molecular weight is 452 g/mol. The van der Waals surface area contributed by atoms with Crippen LogP contribution in [0.5, 0.6) is 0 Å². The van der Waals surface area contributed by atoms with Gasteiger partial charge in [0.2, 0.25) is 10.0 Å². The number of rotatable bonds is 4. The van der Waals surface area contributed by atoms with Crippen LogP contribution in [0.4, 0.5) is 0 Å². The van der Waals surface area contributed by atoms with Crippen LogP contribution >= 0.6 is 12.2 Å². The van der Waals surface area contributed by atoms with Crippen molar-refractivity contribution in [3.8, 4) is 0 Å². The third kappa shape index (κ3) is 5.59. The van der Waals surface area contributed by atoms with Gasteiger partial charge in [-0.25, -0.2) is 8.42 Å². The lowest BCUT2D eigenvalue weighted by Crippen LogP contribution is -2.49. The SMILES string of the molecule is C[C@@H]1[C@H](C)CCC[C@@H]1NC(=S)NC(=O)c1ccc(S(=O)(=O)N2CCCCCC2)cc1. The van der Waals surface area contributed by atoms with Gasteiger partial charge in [0.1, 0.15) is 0 Å². The van der Waals surface area contributed by atoms with Crippen molar-refractivity contribution in [2.75, 3.05) is 13.1 Å². The minimum Gasteiger partial charge on any atom is -0.359 e. The van der Waals surface area contributed by atoms with Crippen LogP contribution in [0.15, 0.2) is 29.2 Å². The van der Waals surface area contributed by atoms with Gasteiger partial charge in [-0.05, 0) is 67.6 Å². The van der Waals surface area contributed by atoms with E-state index in [-0.39, 0.29) is 16.8 Å². The molecule has 6 nitrogen and oxygen atoms in total. The van der Waals surface area contributed by atoms with Gasteiger partial charge >= 0.3 is 0 Å². The molecule has 2 fully saturated rings. The number of nitrogens with one attached hydrogen (secondary N) is 2. The molecule has 1 aliphatic heterocycles. The number of carbonyl (C=O) groups excluding carboxylic acids is 1. The molecule has 1 amide bonds. The molecular formula is C22H33N3O3S2. The third-order valence-corrected chi connectivity index (χ3v) is 8.70. The fourth-order valence-corrected chi connectivity index (χ4v) is 6.14. The maximum atomic E-state index is 12.9. The lowest BCUT2D eigenvalue weighted by atomic mass is 9.78. The van der Waals surface area contributed by atoms with Crippen LogP contribution < -0.4 is 10.6 Å². The second kappa shape index (κ2) is 10.2. The molecule has 0 bridgehead atoms. The van der Waals surface area contributed by atoms with E-state index in [1.54, 1.807) is 16.4 Å². The van der Waals surface area contributed by atoms with Crippen molar-refractivity contribution in [1.29, 1.82) is 0 Å². The zero-order valence-corrected chi connectivity index (χ0v) is 19.5. The zero-order valence-electron chi connectivity index (χ0n) is 17.9. The number of carbonyl (C=O) groups is 1. The number of hydrogen-bond acceptors (Lipinski definition) is 4. The highest BCUT2D eigenvalue weighted by Gasteiger charge is 2.28. The molecule has 0 unspecified atom stereocenters. The summed E-state index contributed by atoms with van der Waals surface area (Å²) in [6, 6.07) is 6.39. The van der Waals surface area contributed by atoms with Crippen LogP contribution in [0, 0.1) is 11.8 Å². The Hall–Kier alpha value is -1.51. The first kappa shape index (κ1) is 23.2. The second-order valence-electron chi connectivity index (χ2n) is 8.64. The number of sulfonamides is 1. The Morgan fingerprint density at radius 2 is 1.63 bits per heavy atom. The number of amides is 1. The van der Waals surface area contributed by atoms with Crippen LogP contribution in [0.3, 0.4) is 0 Å². The predicted molar refractivity (Wildman–Crippen MR) is 123 cm³/mol. The summed E-state index contributed by atoms with van der Waals surface area (Å²) in [6.45, 7) is 5.59. The van der Waals surface area contributed by atoms with Gasteiger partial charge in [-0.15, -0.1) is 0 Å². The molecule has 1 saturated heterocycles. The van der Waals surface area contributed by atoms with E-state index in [2.05, 4.69) is 24.5 Å². The minimum atomic E-state index is -3.52. The number of thiocarbonyl (C=S) groups is 1. The number of nitrogens with zero attached hydrogens (tertiary/aromatic N) is 1. The minimum absolute atomic E-state index is 0.228. The molecule has 1 aromatic rings. The summed E-state index contributed by atoms with van der Waals surface area (Å²) in [6.07, 6.45) is 7.35. The number of hydrogen-bond donors (Lipinski definition) is 2. The zero-order chi connectivity index (χ0) is 21.7. The highest BCUT2D eigenvalue weighted by Crippen LogP contribution is 2.29. The average Bonchev–Trinajstić information content (AvgIpc) is 3.01. The summed E-state index contributed by atoms with van der Waals surface area (Å²) in [5.41, 5.74) is 0.388. The smallest absolute Gasteiger partial charge is 0.257 e. The Bertz CT molecular complexity index is 847. The topological polar surface area (TPSA) is 78.5 Å². The second-order valence-corrected chi connectivity index (χ2v) is 11.0. The standard InChI is InChI=1S/C22H33N3O3S2/c1-16-8-7-9-20(17(16)2)23-22(29)24-21(26)18-10-12-19(13-11-18)30(27,28)25-14-5-3-4-6-15-25/h10-13,16-17,20H,3-9,14-15H2,1-2H3,(H2,23,24,26,29)/t16-,17-,20+/m1/s1. The Morgan fingerprint density at radius 1 is 1.00 bits per heavy atom. The first-order valence-corrected chi connectivity index (χ1v) is 12.9. The van der Waals surface area contributed by atoms with Crippen molar-refractivity contribution in [3.05, 3.63) is 29.8 Å². The van der Waals surface area contributed by atoms with Crippen molar-refractivity contribution in [1.82, 2.24) is 14.9 Å². The first-order valence-electron chi connectivity index (χ1n) is 11.0. The Morgan fingerprint density at radius 3 is 2.27 bits per heavy atom. The molecule has 3 atom stereocenters. The van der Waals surface area contributed by atoms with Crippen molar-refractivity contribution in [3.63, 3.8) is 0 Å². The maximum absolute atomic E-state index is 12.9. The molecular weight excluding hydrogens is 418 g/mol. The van der Waals surface area contributed by atoms with Crippen LogP contribution in [-0.2, 0) is 10.0 Å². The molecule has 166 valence electrons. The van der Waals surface area contributed by atoms with Crippen molar-refractivity contribution >= 4 is 33.3 Å². The molecule has 0 aromatic heterocycles. The molecule has 0 radical (unpaired) electrons. The quantitative estimate of drug-likeness (QED) is 0.683. The lowest BCUT2D eigenvalue weighted by Gasteiger charge is -2.35. The highest BCUT2D eigenvalue weighted by molar-refractivity contribution is 7.89. The van der Waals surface area contributed by atoms with Crippen LogP contribution in [0.1, 0.15) is 69.2 Å². The molecule has 3 rings (SSSR count). The Labute approximate surface area is 185 Å². The van der Waals surface area contributed by atoms with Crippen molar-refractivity contribution < 1.29 is 13.2 Å². The van der Waals surface area contributed by atoms with Gasteiger partial charge in [-0.1, -0.05) is 39.5 Å². The molecule has 1 aromatic carbocycles. The van der Waals surface area contributed by atoms with E-state index in [9.17, 15) is 13.2 Å². The summed E-state index contributed by atoms with van der Waals surface area (Å²) >= 11 is 5.34. The summed E-state index contributed by atoms with van der Waals surface area (Å²) in [4.78, 5) is 12.8. The van der Waals surface area contributed by atoms with Crippen molar-refractivity contribution in [2.24, 2.45) is 11.8 Å². The van der Waals surface area contributed by atoms with E-state index >= 15 is 0 Å². The van der Waals surface area contributed by atoms with Gasteiger partial charge < -0.3 is 5.32 Å². The van der Waals surface area contributed by atoms with Gasteiger partial charge in [0, 0.05) is 24.7 Å². The highest BCUT2D eigenvalue weighted by atomic mass is 32.2. The van der Waals surface area contributed by atoms with Gasteiger partial charge in [0.15, 0.2) is 5.11 Å². The first-order chi connectivity index (χ1) is 14.3. The summed E-state index contributed by atoms with van der Waals surface area (Å²) < 4.78 is 27.3. The van der Waals surface area contributed by atoms with Gasteiger partial charge in [-0.3, -0.25) is 10.1 Å². The molecule has 2 aliphatic rings. The molecule has 0 spiro atoms. The van der Waals surface area contributed by atoms with Crippen LogP contribution in [0.25, 0.3) is 0 Å². The predicted octanol–water partition coefficient (Wildman–Crippen LogP) is 3.68. The third-order valence-electron chi connectivity index (χ3n) is 6.57. The van der Waals surface area contributed by atoms with E-state index in [1.807, 2.05) is 0 Å². The van der Waals surface area contributed by atoms with Crippen LogP contribution in [0.2, 0.25) is 0 Å². The fourth-order valence-electron chi connectivity index (χ4n) is 4.37. The maximum Gasteiger partial charge on any atom is 0.257 e. The Balaban J connectivity index is 1.60. The molecule has 2 N–H and O–H groups in total. The largest absolute Gasteiger partial charge is 0.359 e. The molecule has 1 heterocycles. The molecule has 8 heteroatoms. The summed E-state index contributed by atoms with van der Waals surface area (Å²) in [5.74, 6) is 0.799. The van der Waals surface area contributed by atoms with E-state index in [1.165, 1.54) is 18.6 Å². The summed E-state index contributed by atoms with van der Waals surface area (Å²) in [7, 11) is -3.52. The molecule has 1 saturated carbocycles. The molecule has 30 heavy (non-hydrogen) atoms. The van der Waals surface area contributed by atoms with Crippen LogP contribution in [-0.4, -0.2) is 42.9 Å². The fraction of sp³-hybridized carbons (Fsp3) is 0.636. The van der Waals surface area contributed by atoms with E-state index in [4.69, 9.17) is 12.2 Å². The van der Waals surface area contributed by atoms with Gasteiger partial charge in [-0.2, -0.15) is 4.31 Å². The van der Waals surface area contributed by atoms with Crippen molar-refractivity contribution in [2.45, 2.75) is 69.7 Å². The Kier molecular flexibility index (Phi) is 7.87. The van der Waals surface area contributed by atoms with Gasteiger partial charge in [0.25, 0.3) is 5.91 Å². The van der Waals surface area contributed by atoms with Gasteiger partial charge in [0.05, 0.1) is 4.90 Å². The normalized spacial score (nSPS) is 25.9. The number of benzene rings is 1. The van der Waals surface area contributed by atoms with E-state index < -0.39 is 10.0 Å². The monoisotopic (exact) mass is 451 g/mol. The molecule has 1 aliphatic carbocycles. The van der Waals surface area contributed by atoms with E-state index in [0.717, 1.165) is 38.5 Å². The van der Waals surface area contributed by atoms with E-state index in [0.29, 0.717) is 35.6 Å². The summed E-state index contributed by atoms with van der Waals surface area (Å²) in [5, 5.41) is 6.34.